The van der Waals surface area contributed by atoms with E-state index in [9.17, 15) is 9.59 Å². The predicted molar refractivity (Wildman–Crippen MR) is 97.0 cm³/mol. The van der Waals surface area contributed by atoms with E-state index in [0.717, 1.165) is 0 Å². The molecule has 0 aliphatic carbocycles. The van der Waals surface area contributed by atoms with Gasteiger partial charge in [-0.15, -0.1) is 0 Å². The molecule has 7 heteroatoms. The quantitative estimate of drug-likeness (QED) is 0.886. The van der Waals surface area contributed by atoms with Crippen LogP contribution in [-0.4, -0.2) is 45.0 Å². The molecular weight excluding hydrogens is 344 g/mol. The molecule has 2 aromatic carbocycles. The fourth-order valence-corrected chi connectivity index (χ4v) is 2.36. The van der Waals surface area contributed by atoms with Gasteiger partial charge in [0.25, 0.3) is 11.8 Å². The standard InChI is InChI=1S/C18H19ClN2O4/c1-21(2)18(23)11-5-7-14(19)15(9-11)20-17(22)13-10-12(24-3)6-8-16(13)25-4/h5-10H,1-4H3,(H,20,22). The van der Waals surface area contributed by atoms with Crippen LogP contribution < -0.4 is 14.8 Å². The molecule has 0 heterocycles. The van der Waals surface area contributed by atoms with Crippen molar-refractivity contribution in [3.05, 3.63) is 52.5 Å². The van der Waals surface area contributed by atoms with Gasteiger partial charge in [0.05, 0.1) is 30.5 Å². The molecule has 0 aromatic heterocycles. The van der Waals surface area contributed by atoms with Gasteiger partial charge < -0.3 is 19.7 Å². The smallest absolute Gasteiger partial charge is 0.259 e. The molecule has 0 atom stereocenters. The fraction of sp³-hybridized carbons (Fsp3) is 0.222. The number of amides is 2. The predicted octanol–water partition coefficient (Wildman–Crippen LogP) is 3.31. The van der Waals surface area contributed by atoms with Crippen LogP contribution in [0.5, 0.6) is 11.5 Å². The van der Waals surface area contributed by atoms with Crippen molar-refractivity contribution in [2.75, 3.05) is 33.6 Å². The van der Waals surface area contributed by atoms with E-state index < -0.39 is 5.91 Å². The SMILES string of the molecule is COc1ccc(OC)c(C(=O)Nc2cc(C(=O)N(C)C)ccc2Cl)c1. The lowest BCUT2D eigenvalue weighted by Crippen LogP contribution is -2.22. The molecule has 0 fully saturated rings. The van der Waals surface area contributed by atoms with Gasteiger partial charge in [0.2, 0.25) is 0 Å². The summed E-state index contributed by atoms with van der Waals surface area (Å²) in [6, 6.07) is 9.61. The first-order valence-electron chi connectivity index (χ1n) is 7.42. The molecular formula is C18H19ClN2O4. The first-order chi connectivity index (χ1) is 11.9. The third-order valence-electron chi connectivity index (χ3n) is 3.52. The summed E-state index contributed by atoms with van der Waals surface area (Å²) in [5, 5.41) is 3.03. The van der Waals surface area contributed by atoms with E-state index in [4.69, 9.17) is 21.1 Å². The highest BCUT2D eigenvalue weighted by molar-refractivity contribution is 6.34. The number of halogens is 1. The van der Waals surface area contributed by atoms with Gasteiger partial charge in [0.15, 0.2) is 0 Å². The second-order valence-corrected chi connectivity index (χ2v) is 5.82. The van der Waals surface area contributed by atoms with E-state index in [1.54, 1.807) is 44.4 Å². The zero-order valence-electron chi connectivity index (χ0n) is 14.4. The average Bonchev–Trinajstić information content (AvgIpc) is 2.62. The van der Waals surface area contributed by atoms with Crippen molar-refractivity contribution in [1.82, 2.24) is 4.90 Å². The maximum Gasteiger partial charge on any atom is 0.259 e. The number of benzene rings is 2. The van der Waals surface area contributed by atoms with Crippen molar-refractivity contribution >= 4 is 29.1 Å². The van der Waals surface area contributed by atoms with Crippen molar-refractivity contribution in [3.8, 4) is 11.5 Å². The summed E-state index contributed by atoms with van der Waals surface area (Å²) in [6.07, 6.45) is 0. The molecule has 0 unspecified atom stereocenters. The second kappa shape index (κ2) is 7.90. The van der Waals surface area contributed by atoms with Crippen molar-refractivity contribution in [3.63, 3.8) is 0 Å². The summed E-state index contributed by atoms with van der Waals surface area (Å²) >= 11 is 6.15. The molecule has 1 N–H and O–H groups in total. The van der Waals surface area contributed by atoms with Crippen molar-refractivity contribution in [2.45, 2.75) is 0 Å². The number of carbonyl (C=O) groups is 2. The molecule has 0 aliphatic heterocycles. The lowest BCUT2D eigenvalue weighted by Gasteiger charge is -2.14. The van der Waals surface area contributed by atoms with Gasteiger partial charge in [-0.3, -0.25) is 9.59 Å². The summed E-state index contributed by atoms with van der Waals surface area (Å²) in [5.74, 6) is 0.307. The van der Waals surface area contributed by atoms with E-state index in [0.29, 0.717) is 33.3 Å². The molecule has 0 radical (unpaired) electrons. The summed E-state index contributed by atoms with van der Waals surface area (Å²) < 4.78 is 10.4. The number of hydrogen-bond donors (Lipinski definition) is 1. The minimum atomic E-state index is -0.424. The van der Waals surface area contributed by atoms with Crippen LogP contribution in [0, 0.1) is 0 Å². The van der Waals surface area contributed by atoms with Crippen LogP contribution >= 0.6 is 11.6 Å². The topological polar surface area (TPSA) is 67.9 Å². The van der Waals surface area contributed by atoms with E-state index >= 15 is 0 Å². The monoisotopic (exact) mass is 362 g/mol. The van der Waals surface area contributed by atoms with Gasteiger partial charge in [-0.25, -0.2) is 0 Å². The van der Waals surface area contributed by atoms with Gasteiger partial charge in [0.1, 0.15) is 11.5 Å². The average molecular weight is 363 g/mol. The van der Waals surface area contributed by atoms with Crippen LogP contribution in [-0.2, 0) is 0 Å². The van der Waals surface area contributed by atoms with Crippen LogP contribution in [0.15, 0.2) is 36.4 Å². The Balaban J connectivity index is 2.35. The molecule has 0 saturated heterocycles. The zero-order valence-corrected chi connectivity index (χ0v) is 15.2. The number of nitrogens with one attached hydrogen (secondary N) is 1. The van der Waals surface area contributed by atoms with Crippen LogP contribution in [0.2, 0.25) is 5.02 Å². The van der Waals surface area contributed by atoms with E-state index in [1.165, 1.54) is 25.2 Å². The molecule has 132 valence electrons. The number of carbonyl (C=O) groups excluding carboxylic acids is 2. The third kappa shape index (κ3) is 4.22. The van der Waals surface area contributed by atoms with Crippen LogP contribution in [0.1, 0.15) is 20.7 Å². The maximum absolute atomic E-state index is 12.6. The normalized spacial score (nSPS) is 10.1. The van der Waals surface area contributed by atoms with E-state index in [-0.39, 0.29) is 5.91 Å². The summed E-state index contributed by atoms with van der Waals surface area (Å²) in [6.45, 7) is 0. The molecule has 6 nitrogen and oxygen atoms in total. The highest BCUT2D eigenvalue weighted by Gasteiger charge is 2.17. The number of ether oxygens (including phenoxy) is 2. The fourth-order valence-electron chi connectivity index (χ4n) is 2.19. The number of methoxy groups -OCH3 is 2. The van der Waals surface area contributed by atoms with Gasteiger partial charge in [-0.05, 0) is 36.4 Å². The van der Waals surface area contributed by atoms with Crippen molar-refractivity contribution in [1.29, 1.82) is 0 Å². The number of rotatable bonds is 5. The molecule has 2 amide bonds. The Bertz CT molecular complexity index is 806. The molecule has 0 bridgehead atoms. The maximum atomic E-state index is 12.6. The van der Waals surface area contributed by atoms with E-state index in [2.05, 4.69) is 5.32 Å². The first-order valence-corrected chi connectivity index (χ1v) is 7.79. The van der Waals surface area contributed by atoms with Gasteiger partial charge in [-0.1, -0.05) is 11.6 Å². The molecule has 2 rings (SSSR count). The number of nitrogens with zero attached hydrogens (tertiary/aromatic N) is 1. The highest BCUT2D eigenvalue weighted by Crippen LogP contribution is 2.28. The van der Waals surface area contributed by atoms with Gasteiger partial charge >= 0.3 is 0 Å². The van der Waals surface area contributed by atoms with Crippen LogP contribution in [0.25, 0.3) is 0 Å². The van der Waals surface area contributed by atoms with Crippen LogP contribution in [0.3, 0.4) is 0 Å². The largest absolute Gasteiger partial charge is 0.497 e. The Labute approximate surface area is 151 Å². The lowest BCUT2D eigenvalue weighted by atomic mass is 10.1. The molecule has 25 heavy (non-hydrogen) atoms. The Morgan fingerprint density at radius 2 is 1.76 bits per heavy atom. The number of hydrogen-bond acceptors (Lipinski definition) is 4. The molecule has 0 saturated carbocycles. The highest BCUT2D eigenvalue weighted by atomic mass is 35.5. The Hall–Kier alpha value is -2.73. The summed E-state index contributed by atoms with van der Waals surface area (Å²) in [7, 11) is 6.28. The first kappa shape index (κ1) is 18.6. The van der Waals surface area contributed by atoms with Crippen molar-refractivity contribution < 1.29 is 19.1 Å². The third-order valence-corrected chi connectivity index (χ3v) is 3.85. The molecule has 0 spiro atoms. The zero-order chi connectivity index (χ0) is 18.6. The summed E-state index contributed by atoms with van der Waals surface area (Å²) in [4.78, 5) is 26.2. The van der Waals surface area contributed by atoms with Gasteiger partial charge in [0, 0.05) is 19.7 Å². The van der Waals surface area contributed by atoms with E-state index in [1.807, 2.05) is 0 Å². The Morgan fingerprint density at radius 1 is 1.04 bits per heavy atom. The second-order valence-electron chi connectivity index (χ2n) is 5.41. The Morgan fingerprint density at radius 3 is 2.36 bits per heavy atom. The minimum Gasteiger partial charge on any atom is -0.497 e. The minimum absolute atomic E-state index is 0.189. The van der Waals surface area contributed by atoms with Crippen molar-refractivity contribution in [2.24, 2.45) is 0 Å². The van der Waals surface area contributed by atoms with Gasteiger partial charge in [-0.2, -0.15) is 0 Å². The Kier molecular flexibility index (Phi) is 5.88. The summed E-state index contributed by atoms with van der Waals surface area (Å²) in [5.41, 5.74) is 1.05. The number of anilines is 1. The van der Waals surface area contributed by atoms with Crippen LogP contribution in [0.4, 0.5) is 5.69 Å². The lowest BCUT2D eigenvalue weighted by molar-refractivity contribution is 0.0827. The molecule has 0 aliphatic rings. The molecule has 2 aromatic rings.